The van der Waals surface area contributed by atoms with E-state index in [9.17, 15) is 0 Å². The zero-order valence-corrected chi connectivity index (χ0v) is 17.1. The second-order valence-corrected chi connectivity index (χ2v) is 8.60. The van der Waals surface area contributed by atoms with Crippen LogP contribution in [0.2, 0.25) is 0 Å². The first-order chi connectivity index (χ1) is 14.1. The van der Waals surface area contributed by atoms with E-state index in [2.05, 4.69) is 49.4 Å². The van der Waals surface area contributed by atoms with E-state index in [0.29, 0.717) is 25.7 Å². The Balaban J connectivity index is 1.62. The molecule has 1 aromatic rings. The van der Waals surface area contributed by atoms with Crippen molar-refractivity contribution in [2.45, 2.75) is 38.6 Å². The van der Waals surface area contributed by atoms with Crippen LogP contribution in [0.15, 0.2) is 53.3 Å². The number of amidine groups is 1. The maximum absolute atomic E-state index is 6.15. The van der Waals surface area contributed by atoms with Gasteiger partial charge in [0.1, 0.15) is 23.7 Å². The summed E-state index contributed by atoms with van der Waals surface area (Å²) >= 11 is 0. The molecule has 152 valence electrons. The first-order valence-electron chi connectivity index (χ1n) is 10.5. The van der Waals surface area contributed by atoms with Crippen LogP contribution >= 0.6 is 0 Å². The topological polar surface area (TPSA) is 66.1 Å². The van der Waals surface area contributed by atoms with Crippen molar-refractivity contribution in [2.24, 2.45) is 22.1 Å². The Labute approximate surface area is 171 Å². The fraction of sp³-hybridized carbons (Fsp3) is 0.458. The summed E-state index contributed by atoms with van der Waals surface area (Å²) in [5.41, 5.74) is 8.96. The van der Waals surface area contributed by atoms with Crippen LogP contribution in [-0.2, 0) is 15.0 Å². The summed E-state index contributed by atoms with van der Waals surface area (Å²) in [5.74, 6) is 2.22. The van der Waals surface area contributed by atoms with E-state index >= 15 is 0 Å². The molecule has 1 saturated carbocycles. The van der Waals surface area contributed by atoms with Gasteiger partial charge in [-0.05, 0) is 67.5 Å². The number of aliphatic imine (C=N–C) groups is 1. The van der Waals surface area contributed by atoms with Crippen molar-refractivity contribution in [1.82, 2.24) is 0 Å². The molecule has 2 N–H and O–H groups in total. The lowest BCUT2D eigenvalue weighted by Gasteiger charge is -2.39. The van der Waals surface area contributed by atoms with E-state index < -0.39 is 5.54 Å². The van der Waals surface area contributed by atoms with Crippen molar-refractivity contribution < 1.29 is 14.2 Å². The van der Waals surface area contributed by atoms with Crippen molar-refractivity contribution >= 4 is 11.6 Å². The van der Waals surface area contributed by atoms with Gasteiger partial charge in [-0.3, -0.25) is 0 Å². The molecule has 1 fully saturated rings. The molecule has 0 aromatic heterocycles. The molecule has 2 spiro atoms. The van der Waals surface area contributed by atoms with Gasteiger partial charge in [-0.25, -0.2) is 4.99 Å². The van der Waals surface area contributed by atoms with E-state index in [1.54, 1.807) is 0 Å². The molecule has 1 aromatic carbocycles. The predicted octanol–water partition coefficient (Wildman–Crippen LogP) is 4.30. The van der Waals surface area contributed by atoms with Gasteiger partial charge in [0, 0.05) is 11.0 Å². The number of ether oxygens (including phenoxy) is 3. The molecule has 5 heteroatoms. The number of rotatable bonds is 3. The van der Waals surface area contributed by atoms with Crippen LogP contribution in [0.4, 0.5) is 0 Å². The zero-order valence-electron chi connectivity index (χ0n) is 17.1. The van der Waals surface area contributed by atoms with Crippen LogP contribution in [0.25, 0.3) is 5.57 Å². The van der Waals surface area contributed by atoms with E-state index in [4.69, 9.17) is 24.9 Å². The van der Waals surface area contributed by atoms with Crippen LogP contribution in [0, 0.1) is 11.3 Å². The molecule has 0 bridgehead atoms. The number of hydrogen-bond acceptors (Lipinski definition) is 5. The highest BCUT2D eigenvalue weighted by Crippen LogP contribution is 2.65. The Morgan fingerprint density at radius 3 is 2.83 bits per heavy atom. The normalized spacial score (nSPS) is 29.0. The summed E-state index contributed by atoms with van der Waals surface area (Å²) in [4.78, 5) is 4.84. The van der Waals surface area contributed by atoms with E-state index in [1.807, 2.05) is 6.92 Å². The number of hydrogen-bond donors (Lipinski definition) is 1. The number of nitrogens with zero attached hydrogens (tertiary/aromatic N) is 1. The lowest BCUT2D eigenvalue weighted by Crippen LogP contribution is -2.44. The highest BCUT2D eigenvalue weighted by Gasteiger charge is 2.66. The van der Waals surface area contributed by atoms with Crippen LogP contribution in [0.3, 0.4) is 0 Å². The van der Waals surface area contributed by atoms with Crippen LogP contribution in [0.5, 0.6) is 5.75 Å². The third-order valence-electron chi connectivity index (χ3n) is 6.59. The molecule has 2 atom stereocenters. The van der Waals surface area contributed by atoms with Crippen molar-refractivity contribution in [3.8, 4) is 5.75 Å². The Morgan fingerprint density at radius 1 is 1.24 bits per heavy atom. The van der Waals surface area contributed by atoms with Crippen molar-refractivity contribution in [1.29, 1.82) is 0 Å². The lowest BCUT2D eigenvalue weighted by atomic mass is 9.74. The van der Waals surface area contributed by atoms with Gasteiger partial charge in [-0.1, -0.05) is 25.1 Å². The molecule has 2 aliphatic carbocycles. The molecule has 5 nitrogen and oxygen atoms in total. The monoisotopic (exact) mass is 392 g/mol. The van der Waals surface area contributed by atoms with Gasteiger partial charge in [-0.15, -0.1) is 0 Å². The van der Waals surface area contributed by atoms with Crippen LogP contribution in [-0.4, -0.2) is 25.8 Å². The number of fused-ring (bicyclic) bond motifs is 3. The standard InChI is InChI=1S/C24H28N2O3/c1-3-27-19-6-4-5-16(2)11-18(12-19)17-7-8-21-20(13-17)24(15-29-22(25)26-24)23(9-10-23)14-28-21/h4,6-8,11-13,16H,3,5,9-10,14-15H2,1-2H3,(H2,25,26). The molecule has 29 heavy (non-hydrogen) atoms. The van der Waals surface area contributed by atoms with E-state index in [-0.39, 0.29) is 11.4 Å². The van der Waals surface area contributed by atoms with E-state index in [1.165, 1.54) is 0 Å². The fourth-order valence-corrected chi connectivity index (χ4v) is 4.79. The second kappa shape index (κ2) is 6.68. The van der Waals surface area contributed by atoms with Gasteiger partial charge in [0.25, 0.3) is 6.02 Å². The van der Waals surface area contributed by atoms with Gasteiger partial charge in [-0.2, -0.15) is 0 Å². The maximum Gasteiger partial charge on any atom is 0.283 e. The maximum atomic E-state index is 6.15. The minimum atomic E-state index is -0.430. The number of nitrogens with two attached hydrogens (primary N) is 1. The van der Waals surface area contributed by atoms with Gasteiger partial charge >= 0.3 is 0 Å². The molecule has 2 aliphatic heterocycles. The summed E-state index contributed by atoms with van der Waals surface area (Å²) in [6.07, 6.45) is 11.9. The molecule has 5 rings (SSSR count). The average molecular weight is 392 g/mol. The number of benzene rings is 1. The molecule has 0 radical (unpaired) electrons. The highest BCUT2D eigenvalue weighted by atomic mass is 16.5. The molecule has 0 amide bonds. The van der Waals surface area contributed by atoms with E-state index in [0.717, 1.165) is 47.5 Å². The number of allylic oxidation sites excluding steroid dienone is 5. The van der Waals surface area contributed by atoms with Crippen LogP contribution in [0.1, 0.15) is 44.2 Å². The van der Waals surface area contributed by atoms with Gasteiger partial charge < -0.3 is 19.9 Å². The summed E-state index contributed by atoms with van der Waals surface area (Å²) < 4.78 is 17.7. The Morgan fingerprint density at radius 2 is 2.10 bits per heavy atom. The quantitative estimate of drug-likeness (QED) is 0.833. The molecule has 2 heterocycles. The van der Waals surface area contributed by atoms with Gasteiger partial charge in [0.15, 0.2) is 0 Å². The van der Waals surface area contributed by atoms with Gasteiger partial charge in [0.2, 0.25) is 0 Å². The molecule has 4 aliphatic rings. The van der Waals surface area contributed by atoms with Crippen molar-refractivity contribution in [3.63, 3.8) is 0 Å². The van der Waals surface area contributed by atoms with Crippen molar-refractivity contribution in [3.05, 3.63) is 59.4 Å². The SMILES string of the molecule is CCOC1=CC(c2ccc3c(c2)C2(COC(N)=N2)C2(CC2)CO3)=CC(C)CC=C1. The minimum absolute atomic E-state index is 0.0113. The Hall–Kier alpha value is -2.69. The third-order valence-corrected chi connectivity index (χ3v) is 6.59. The average Bonchev–Trinajstić information content (AvgIpc) is 3.38. The predicted molar refractivity (Wildman–Crippen MR) is 113 cm³/mol. The van der Waals surface area contributed by atoms with Gasteiger partial charge in [0.05, 0.1) is 13.2 Å². The van der Waals surface area contributed by atoms with Crippen LogP contribution < -0.4 is 10.5 Å². The van der Waals surface area contributed by atoms with Crippen molar-refractivity contribution in [2.75, 3.05) is 19.8 Å². The largest absolute Gasteiger partial charge is 0.494 e. The molecular weight excluding hydrogens is 364 g/mol. The lowest BCUT2D eigenvalue weighted by molar-refractivity contribution is 0.0871. The Bertz CT molecular complexity index is 955. The first-order valence-corrected chi connectivity index (χ1v) is 10.5. The summed E-state index contributed by atoms with van der Waals surface area (Å²) in [6, 6.07) is 6.71. The summed E-state index contributed by atoms with van der Waals surface area (Å²) in [5, 5.41) is 0. The zero-order chi connectivity index (χ0) is 20.1. The first kappa shape index (κ1) is 18.3. The Kier molecular flexibility index (Phi) is 4.23. The smallest absolute Gasteiger partial charge is 0.283 e. The molecular formula is C24H28N2O3. The molecule has 2 unspecified atom stereocenters. The minimum Gasteiger partial charge on any atom is -0.494 e. The summed E-state index contributed by atoms with van der Waals surface area (Å²) in [7, 11) is 0. The third kappa shape index (κ3) is 2.95. The second-order valence-electron chi connectivity index (χ2n) is 8.60. The fourth-order valence-electron chi connectivity index (χ4n) is 4.79. The summed E-state index contributed by atoms with van der Waals surface area (Å²) in [6.45, 7) is 6.07. The highest BCUT2D eigenvalue weighted by molar-refractivity contribution is 5.78. The molecule has 0 saturated heterocycles.